The largest absolute Gasteiger partial charge is 0.313 e. The SMILES string of the molecule is Br.Clc1ccc(CNCCCBr)cc1. The highest BCUT2D eigenvalue weighted by atomic mass is 79.9. The van der Waals surface area contributed by atoms with E-state index in [2.05, 4.69) is 21.2 Å². The molecule has 0 aliphatic heterocycles. The van der Waals surface area contributed by atoms with Gasteiger partial charge in [-0.1, -0.05) is 39.7 Å². The van der Waals surface area contributed by atoms with E-state index in [4.69, 9.17) is 11.6 Å². The second-order valence-corrected chi connectivity index (χ2v) is 4.08. The molecule has 1 nitrogen and oxygen atoms in total. The standard InChI is InChI=1S/C10H13BrClN.BrH/c11-6-1-7-13-8-9-2-4-10(12)5-3-9;/h2-5,13H,1,6-8H2;1H. The highest BCUT2D eigenvalue weighted by Gasteiger charge is 1.91. The first-order chi connectivity index (χ1) is 6.33. The molecule has 0 fully saturated rings. The summed E-state index contributed by atoms with van der Waals surface area (Å²) in [7, 11) is 0. The number of rotatable bonds is 5. The Morgan fingerprint density at radius 1 is 1.21 bits per heavy atom. The van der Waals surface area contributed by atoms with Gasteiger partial charge >= 0.3 is 0 Å². The summed E-state index contributed by atoms with van der Waals surface area (Å²) in [6, 6.07) is 7.93. The summed E-state index contributed by atoms with van der Waals surface area (Å²) in [6.07, 6.45) is 1.16. The number of hydrogen-bond donors (Lipinski definition) is 1. The lowest BCUT2D eigenvalue weighted by atomic mass is 10.2. The molecule has 0 atom stereocenters. The minimum Gasteiger partial charge on any atom is -0.313 e. The van der Waals surface area contributed by atoms with Gasteiger partial charge in [-0.15, -0.1) is 17.0 Å². The van der Waals surface area contributed by atoms with Crippen LogP contribution in [0.15, 0.2) is 24.3 Å². The van der Waals surface area contributed by atoms with E-state index < -0.39 is 0 Å². The van der Waals surface area contributed by atoms with Crippen LogP contribution in [-0.2, 0) is 6.54 Å². The first-order valence-corrected chi connectivity index (χ1v) is 5.84. The fourth-order valence-corrected chi connectivity index (χ4v) is 1.43. The van der Waals surface area contributed by atoms with Gasteiger partial charge in [-0.25, -0.2) is 0 Å². The molecular weight excluding hydrogens is 329 g/mol. The van der Waals surface area contributed by atoms with Crippen molar-refractivity contribution in [3.05, 3.63) is 34.9 Å². The van der Waals surface area contributed by atoms with E-state index in [0.29, 0.717) is 0 Å². The van der Waals surface area contributed by atoms with Crippen LogP contribution in [0.4, 0.5) is 0 Å². The Labute approximate surface area is 109 Å². The molecule has 14 heavy (non-hydrogen) atoms. The number of halogens is 3. The Bertz CT molecular complexity index is 238. The Morgan fingerprint density at radius 3 is 2.43 bits per heavy atom. The van der Waals surface area contributed by atoms with Crippen molar-refractivity contribution in [1.82, 2.24) is 5.32 Å². The van der Waals surface area contributed by atoms with Gasteiger partial charge in [0.2, 0.25) is 0 Å². The minimum atomic E-state index is 0. The molecule has 0 spiro atoms. The van der Waals surface area contributed by atoms with Gasteiger partial charge in [0.1, 0.15) is 0 Å². The molecule has 0 amide bonds. The second kappa shape index (κ2) is 8.72. The fraction of sp³-hybridized carbons (Fsp3) is 0.400. The van der Waals surface area contributed by atoms with E-state index in [1.807, 2.05) is 24.3 Å². The summed E-state index contributed by atoms with van der Waals surface area (Å²) in [4.78, 5) is 0. The molecule has 0 aliphatic carbocycles. The average Bonchev–Trinajstić information content (AvgIpc) is 2.15. The Hall–Kier alpha value is 0.430. The fourth-order valence-electron chi connectivity index (χ4n) is 1.03. The van der Waals surface area contributed by atoms with Crippen LogP contribution in [0.5, 0.6) is 0 Å². The van der Waals surface area contributed by atoms with E-state index in [1.165, 1.54) is 5.56 Å². The zero-order valence-corrected chi connectivity index (χ0v) is 11.9. The van der Waals surface area contributed by atoms with Crippen LogP contribution in [0.3, 0.4) is 0 Å². The van der Waals surface area contributed by atoms with Gasteiger partial charge in [0.05, 0.1) is 0 Å². The maximum Gasteiger partial charge on any atom is 0.0406 e. The third-order valence-corrected chi connectivity index (χ3v) is 2.54. The van der Waals surface area contributed by atoms with Crippen LogP contribution in [0, 0.1) is 0 Å². The topological polar surface area (TPSA) is 12.0 Å². The summed E-state index contributed by atoms with van der Waals surface area (Å²) in [5.74, 6) is 0. The highest BCUT2D eigenvalue weighted by Crippen LogP contribution is 2.08. The van der Waals surface area contributed by atoms with Crippen molar-refractivity contribution in [1.29, 1.82) is 0 Å². The molecule has 1 rings (SSSR count). The zero-order chi connectivity index (χ0) is 9.52. The maximum atomic E-state index is 5.77. The summed E-state index contributed by atoms with van der Waals surface area (Å²) >= 11 is 9.16. The smallest absolute Gasteiger partial charge is 0.0406 e. The zero-order valence-electron chi connectivity index (χ0n) is 7.80. The van der Waals surface area contributed by atoms with Gasteiger partial charge in [-0.3, -0.25) is 0 Å². The molecule has 1 N–H and O–H groups in total. The predicted octanol–water partition coefficient (Wildman–Crippen LogP) is 3.79. The molecule has 1 aromatic carbocycles. The normalized spacial score (nSPS) is 9.57. The van der Waals surface area contributed by atoms with E-state index in [9.17, 15) is 0 Å². The van der Waals surface area contributed by atoms with Crippen molar-refractivity contribution < 1.29 is 0 Å². The van der Waals surface area contributed by atoms with Crippen molar-refractivity contribution in [2.24, 2.45) is 0 Å². The number of hydrogen-bond acceptors (Lipinski definition) is 1. The molecule has 0 aromatic heterocycles. The quantitative estimate of drug-likeness (QED) is 0.633. The number of alkyl halides is 1. The van der Waals surface area contributed by atoms with Crippen molar-refractivity contribution in [2.75, 3.05) is 11.9 Å². The average molecular weight is 343 g/mol. The van der Waals surface area contributed by atoms with E-state index in [1.54, 1.807) is 0 Å². The molecule has 0 unspecified atom stereocenters. The van der Waals surface area contributed by atoms with Crippen LogP contribution in [0.25, 0.3) is 0 Å². The molecule has 0 bridgehead atoms. The molecule has 0 radical (unpaired) electrons. The van der Waals surface area contributed by atoms with Crippen LogP contribution in [0.2, 0.25) is 5.02 Å². The lowest BCUT2D eigenvalue weighted by molar-refractivity contribution is 0.680. The first kappa shape index (κ1) is 14.4. The lowest BCUT2D eigenvalue weighted by Gasteiger charge is -2.03. The van der Waals surface area contributed by atoms with Crippen LogP contribution in [0.1, 0.15) is 12.0 Å². The molecule has 0 heterocycles. The van der Waals surface area contributed by atoms with Crippen molar-refractivity contribution in [3.63, 3.8) is 0 Å². The minimum absolute atomic E-state index is 0. The molecule has 0 aliphatic rings. The van der Waals surface area contributed by atoms with Gasteiger partial charge in [0.25, 0.3) is 0 Å². The molecule has 1 aromatic rings. The Morgan fingerprint density at radius 2 is 1.86 bits per heavy atom. The number of benzene rings is 1. The van der Waals surface area contributed by atoms with Gasteiger partial charge in [-0.05, 0) is 30.7 Å². The van der Waals surface area contributed by atoms with E-state index in [0.717, 1.165) is 29.9 Å². The third kappa shape index (κ3) is 6.02. The summed E-state index contributed by atoms with van der Waals surface area (Å²) in [6.45, 7) is 1.97. The van der Waals surface area contributed by atoms with Crippen molar-refractivity contribution in [3.8, 4) is 0 Å². The summed E-state index contributed by atoms with van der Waals surface area (Å²) in [5, 5.41) is 5.20. The highest BCUT2D eigenvalue weighted by molar-refractivity contribution is 9.09. The lowest BCUT2D eigenvalue weighted by Crippen LogP contribution is -2.14. The molecule has 0 saturated carbocycles. The molecule has 0 saturated heterocycles. The van der Waals surface area contributed by atoms with Crippen molar-refractivity contribution in [2.45, 2.75) is 13.0 Å². The first-order valence-electron chi connectivity index (χ1n) is 4.34. The molecule has 4 heteroatoms. The second-order valence-electron chi connectivity index (χ2n) is 2.85. The summed E-state index contributed by atoms with van der Waals surface area (Å²) < 4.78 is 0. The van der Waals surface area contributed by atoms with Gasteiger partial charge < -0.3 is 5.32 Å². The van der Waals surface area contributed by atoms with Crippen LogP contribution >= 0.6 is 44.5 Å². The third-order valence-electron chi connectivity index (χ3n) is 1.73. The van der Waals surface area contributed by atoms with Crippen LogP contribution in [-0.4, -0.2) is 11.9 Å². The maximum absolute atomic E-state index is 5.77. The van der Waals surface area contributed by atoms with E-state index >= 15 is 0 Å². The van der Waals surface area contributed by atoms with Crippen LogP contribution < -0.4 is 5.32 Å². The monoisotopic (exact) mass is 341 g/mol. The molecular formula is C10H14Br2ClN. The van der Waals surface area contributed by atoms with Gasteiger partial charge in [0.15, 0.2) is 0 Å². The van der Waals surface area contributed by atoms with E-state index in [-0.39, 0.29) is 17.0 Å². The van der Waals surface area contributed by atoms with Crippen molar-refractivity contribution >= 4 is 44.5 Å². The van der Waals surface area contributed by atoms with Gasteiger partial charge in [0, 0.05) is 16.9 Å². The van der Waals surface area contributed by atoms with Gasteiger partial charge in [-0.2, -0.15) is 0 Å². The Balaban J connectivity index is 0.00000169. The predicted molar refractivity (Wildman–Crippen MR) is 71.9 cm³/mol. The summed E-state index contributed by atoms with van der Waals surface area (Å²) in [5.41, 5.74) is 1.28. The Kier molecular flexibility index (Phi) is 8.98. The molecule has 80 valence electrons. The number of nitrogens with one attached hydrogen (secondary N) is 1.